The Labute approximate surface area is 192 Å². The number of hydrogen-bond donors (Lipinski definition) is 2. The molecule has 0 amide bonds. The minimum atomic E-state index is -0.788. The Morgan fingerprint density at radius 3 is 2.61 bits per heavy atom. The molecule has 0 aliphatic carbocycles. The lowest BCUT2D eigenvalue weighted by Crippen LogP contribution is -2.46. The minimum Gasteiger partial charge on any atom is -0.503 e. The van der Waals surface area contributed by atoms with Gasteiger partial charge in [-0.25, -0.2) is 0 Å². The number of allylic oxidation sites excluding steroid dienone is 1. The molecule has 33 heavy (non-hydrogen) atoms. The lowest BCUT2D eigenvalue weighted by molar-refractivity contribution is -0.119. The van der Waals surface area contributed by atoms with Gasteiger partial charge < -0.3 is 15.1 Å². The van der Waals surface area contributed by atoms with Crippen LogP contribution >= 0.6 is 0 Å². The van der Waals surface area contributed by atoms with Crippen molar-refractivity contribution in [2.24, 2.45) is 0 Å². The smallest absolute Gasteiger partial charge is 0.200 e. The van der Waals surface area contributed by atoms with Gasteiger partial charge in [0, 0.05) is 41.9 Å². The monoisotopic (exact) mass is 436 g/mol. The number of fused-ring (bicyclic) bond motifs is 1. The Hall–Kier alpha value is -3.96. The highest BCUT2D eigenvalue weighted by Crippen LogP contribution is 2.33. The summed E-state index contributed by atoms with van der Waals surface area (Å²) in [6.07, 6.45) is 4.79. The number of rotatable bonds is 5. The maximum Gasteiger partial charge on any atom is 0.200 e. The zero-order chi connectivity index (χ0) is 22.8. The highest BCUT2D eigenvalue weighted by Gasteiger charge is 2.33. The number of ketones is 1. The first-order valence-electron chi connectivity index (χ1n) is 11.0. The lowest BCUT2D eigenvalue weighted by Gasteiger charge is -2.36. The number of carbonyl (C=O) groups excluding carboxylic acids is 1. The normalized spacial score (nSPS) is 17.1. The fraction of sp³-hybridized carbons (Fsp3) is 0.143. The van der Waals surface area contributed by atoms with Crippen molar-refractivity contribution >= 4 is 22.2 Å². The fourth-order valence-corrected chi connectivity index (χ4v) is 4.45. The first kappa shape index (κ1) is 20.9. The SMILES string of the molecule is O=C1CC(C(O)Cc2ccccc2)N(c2cccc(-c3cncc4ccccc34)c2)C=C1O. The van der Waals surface area contributed by atoms with E-state index in [1.54, 1.807) is 0 Å². The van der Waals surface area contributed by atoms with Crippen LogP contribution in [0.5, 0.6) is 0 Å². The molecule has 1 aliphatic rings. The number of Topliss-reactive ketones (excluding diaryl/α,β-unsaturated/α-hetero) is 1. The first-order valence-corrected chi connectivity index (χ1v) is 11.0. The van der Waals surface area contributed by atoms with Crippen LogP contribution in [-0.2, 0) is 11.2 Å². The summed E-state index contributed by atoms with van der Waals surface area (Å²) < 4.78 is 0. The standard InChI is InChI=1S/C28H24N2O3/c31-26(13-19-7-2-1-3-8-19)25-15-27(32)28(33)18-30(25)22-11-6-10-20(14-22)24-17-29-16-21-9-4-5-12-23(21)24/h1-12,14,16-18,25-26,31,33H,13,15H2. The largest absolute Gasteiger partial charge is 0.503 e. The van der Waals surface area contributed by atoms with Crippen molar-refractivity contribution in [2.75, 3.05) is 4.90 Å². The second-order valence-electron chi connectivity index (χ2n) is 8.33. The maximum atomic E-state index is 12.3. The molecule has 0 bridgehead atoms. The summed E-state index contributed by atoms with van der Waals surface area (Å²) in [6, 6.07) is 25.2. The molecule has 0 spiro atoms. The zero-order valence-electron chi connectivity index (χ0n) is 18.0. The summed E-state index contributed by atoms with van der Waals surface area (Å²) in [5.74, 6) is -0.659. The van der Waals surface area contributed by atoms with E-state index < -0.39 is 12.1 Å². The quantitative estimate of drug-likeness (QED) is 0.458. The van der Waals surface area contributed by atoms with Crippen molar-refractivity contribution < 1.29 is 15.0 Å². The molecule has 1 aromatic heterocycles. The van der Waals surface area contributed by atoms with E-state index >= 15 is 0 Å². The van der Waals surface area contributed by atoms with Crippen LogP contribution in [0, 0.1) is 0 Å². The molecule has 0 saturated carbocycles. The van der Waals surface area contributed by atoms with Gasteiger partial charge in [0.2, 0.25) is 5.78 Å². The van der Waals surface area contributed by atoms with Gasteiger partial charge in [-0.2, -0.15) is 0 Å². The van der Waals surface area contributed by atoms with Gasteiger partial charge in [-0.3, -0.25) is 9.78 Å². The second kappa shape index (κ2) is 8.88. The molecule has 0 saturated heterocycles. The number of anilines is 1. The average Bonchev–Trinajstić information content (AvgIpc) is 2.85. The van der Waals surface area contributed by atoms with E-state index in [9.17, 15) is 15.0 Å². The van der Waals surface area contributed by atoms with Crippen LogP contribution in [0.4, 0.5) is 5.69 Å². The second-order valence-corrected chi connectivity index (χ2v) is 8.33. The number of benzene rings is 3. The molecule has 2 atom stereocenters. The molecule has 1 aliphatic heterocycles. The summed E-state index contributed by atoms with van der Waals surface area (Å²) in [5.41, 5.74) is 3.75. The van der Waals surface area contributed by atoms with Crippen molar-refractivity contribution in [2.45, 2.75) is 25.0 Å². The van der Waals surface area contributed by atoms with Crippen LogP contribution in [0.25, 0.3) is 21.9 Å². The fourth-order valence-electron chi connectivity index (χ4n) is 4.45. The molecular weight excluding hydrogens is 412 g/mol. The third kappa shape index (κ3) is 4.23. The number of hydrogen-bond acceptors (Lipinski definition) is 5. The molecule has 4 aromatic rings. The lowest BCUT2D eigenvalue weighted by atomic mass is 9.93. The summed E-state index contributed by atoms with van der Waals surface area (Å²) in [6.45, 7) is 0. The van der Waals surface area contributed by atoms with Crippen molar-refractivity contribution in [1.29, 1.82) is 0 Å². The summed E-state index contributed by atoms with van der Waals surface area (Å²) >= 11 is 0. The van der Waals surface area contributed by atoms with Crippen molar-refractivity contribution in [3.63, 3.8) is 0 Å². The summed E-state index contributed by atoms with van der Waals surface area (Å²) in [4.78, 5) is 18.5. The van der Waals surface area contributed by atoms with Crippen molar-refractivity contribution in [1.82, 2.24) is 4.98 Å². The number of nitrogens with zero attached hydrogens (tertiary/aromatic N) is 2. The minimum absolute atomic E-state index is 0.0381. The number of aromatic nitrogens is 1. The van der Waals surface area contributed by atoms with Crippen LogP contribution in [0.3, 0.4) is 0 Å². The summed E-state index contributed by atoms with van der Waals surface area (Å²) in [5, 5.41) is 23.4. The van der Waals surface area contributed by atoms with Crippen molar-refractivity contribution in [3.05, 3.63) is 109 Å². The Bertz CT molecular complexity index is 1330. The highest BCUT2D eigenvalue weighted by molar-refractivity contribution is 5.97. The maximum absolute atomic E-state index is 12.3. The third-order valence-electron chi connectivity index (χ3n) is 6.15. The Morgan fingerprint density at radius 1 is 0.970 bits per heavy atom. The number of aliphatic hydroxyl groups excluding tert-OH is 2. The molecule has 5 nitrogen and oxygen atoms in total. The van der Waals surface area contributed by atoms with E-state index in [-0.39, 0.29) is 18.0 Å². The van der Waals surface area contributed by atoms with E-state index in [0.717, 1.165) is 33.2 Å². The van der Waals surface area contributed by atoms with Gasteiger partial charge in [-0.15, -0.1) is 0 Å². The molecule has 2 unspecified atom stereocenters. The predicted octanol–water partition coefficient (Wildman–Crippen LogP) is 5.05. The number of pyridine rings is 1. The van der Waals surface area contributed by atoms with Crippen LogP contribution < -0.4 is 4.90 Å². The van der Waals surface area contributed by atoms with Crippen LogP contribution in [0.2, 0.25) is 0 Å². The van der Waals surface area contributed by atoms with E-state index in [0.29, 0.717) is 6.42 Å². The predicted molar refractivity (Wildman–Crippen MR) is 130 cm³/mol. The van der Waals surface area contributed by atoms with Gasteiger partial charge in [0.25, 0.3) is 0 Å². The van der Waals surface area contributed by atoms with Crippen LogP contribution in [0.15, 0.2) is 103 Å². The van der Waals surface area contributed by atoms with E-state index in [1.807, 2.05) is 90.1 Å². The molecule has 0 fully saturated rings. The van der Waals surface area contributed by atoms with Gasteiger partial charge >= 0.3 is 0 Å². The van der Waals surface area contributed by atoms with Gasteiger partial charge in [0.05, 0.1) is 18.3 Å². The Balaban J connectivity index is 1.53. The van der Waals surface area contributed by atoms with Crippen molar-refractivity contribution in [3.8, 4) is 11.1 Å². The molecule has 0 radical (unpaired) electrons. The van der Waals surface area contributed by atoms with E-state index in [4.69, 9.17) is 0 Å². The molecule has 3 aromatic carbocycles. The molecular formula is C28H24N2O3. The van der Waals surface area contributed by atoms with Crippen LogP contribution in [0.1, 0.15) is 12.0 Å². The number of carbonyl (C=O) groups is 1. The Morgan fingerprint density at radius 2 is 1.76 bits per heavy atom. The topological polar surface area (TPSA) is 73.7 Å². The summed E-state index contributed by atoms with van der Waals surface area (Å²) in [7, 11) is 0. The van der Waals surface area contributed by atoms with Gasteiger partial charge in [-0.05, 0) is 28.6 Å². The Kier molecular flexibility index (Phi) is 5.63. The third-order valence-corrected chi connectivity index (χ3v) is 6.15. The molecule has 2 heterocycles. The van der Waals surface area contributed by atoms with Crippen LogP contribution in [-0.4, -0.2) is 33.1 Å². The van der Waals surface area contributed by atoms with E-state index in [2.05, 4.69) is 11.1 Å². The molecule has 164 valence electrons. The van der Waals surface area contributed by atoms with Gasteiger partial charge in [0.15, 0.2) is 5.76 Å². The van der Waals surface area contributed by atoms with Gasteiger partial charge in [-0.1, -0.05) is 66.7 Å². The molecule has 5 heteroatoms. The highest BCUT2D eigenvalue weighted by atomic mass is 16.3. The average molecular weight is 437 g/mol. The zero-order valence-corrected chi connectivity index (χ0v) is 18.0. The number of aliphatic hydroxyl groups is 2. The van der Waals surface area contributed by atoms with Gasteiger partial charge in [0.1, 0.15) is 0 Å². The molecule has 2 N–H and O–H groups in total. The first-order chi connectivity index (χ1) is 16.1. The molecule has 5 rings (SSSR count). The van der Waals surface area contributed by atoms with E-state index in [1.165, 1.54) is 6.20 Å².